The predicted molar refractivity (Wildman–Crippen MR) is 148 cm³/mol. The molecule has 0 aliphatic carbocycles. The summed E-state index contributed by atoms with van der Waals surface area (Å²) in [5.41, 5.74) is 4.86. The summed E-state index contributed by atoms with van der Waals surface area (Å²) in [5, 5.41) is 14.1. The predicted octanol–water partition coefficient (Wildman–Crippen LogP) is 0.865. The fraction of sp³-hybridized carbons (Fsp3) is 0.345. The molecule has 0 spiro atoms. The Balaban J connectivity index is 1.51. The van der Waals surface area contributed by atoms with E-state index in [1.165, 1.54) is 11.0 Å². The van der Waals surface area contributed by atoms with Gasteiger partial charge in [-0.15, -0.1) is 0 Å². The van der Waals surface area contributed by atoms with Crippen LogP contribution in [-0.4, -0.2) is 92.3 Å². The molecule has 2 aromatic carbocycles. The lowest BCUT2D eigenvalue weighted by atomic mass is 10.1. The number of carbonyl (C=O) groups excluding carboxylic acids is 3. The normalized spacial score (nSPS) is 14.4. The van der Waals surface area contributed by atoms with E-state index in [4.69, 9.17) is 9.94 Å². The molecule has 1 aliphatic rings. The number of likely N-dealkylation sites (N-methyl/N-ethyl adjacent to an activating group) is 1. The van der Waals surface area contributed by atoms with E-state index in [9.17, 15) is 14.4 Å². The number of benzene rings is 2. The van der Waals surface area contributed by atoms with Gasteiger partial charge in [-0.05, 0) is 61.6 Å². The van der Waals surface area contributed by atoms with Gasteiger partial charge in [0.05, 0.1) is 19.8 Å². The summed E-state index contributed by atoms with van der Waals surface area (Å²) in [6.07, 6.45) is 3.58. The number of nitrogens with one attached hydrogen (secondary N) is 3. The van der Waals surface area contributed by atoms with E-state index < -0.39 is 17.9 Å². The van der Waals surface area contributed by atoms with Crippen LogP contribution >= 0.6 is 0 Å². The minimum Gasteiger partial charge on any atom is -0.379 e. The van der Waals surface area contributed by atoms with Crippen molar-refractivity contribution >= 4 is 23.8 Å². The van der Waals surface area contributed by atoms with E-state index >= 15 is 0 Å². The molecule has 4 N–H and O–H groups in total. The van der Waals surface area contributed by atoms with E-state index in [1.807, 2.05) is 18.2 Å². The number of ether oxygens (including phenoxy) is 1. The first kappa shape index (κ1) is 29.5. The number of carbonyl (C=O) groups is 3. The molecule has 1 heterocycles. The van der Waals surface area contributed by atoms with Crippen molar-refractivity contribution in [2.75, 3.05) is 53.5 Å². The second kappa shape index (κ2) is 15.4. The molecule has 1 aliphatic heterocycles. The average Bonchev–Trinajstić information content (AvgIpc) is 2.94. The Kier molecular flexibility index (Phi) is 11.7. The number of rotatable bonds is 10. The lowest BCUT2D eigenvalue weighted by Gasteiger charge is -2.26. The van der Waals surface area contributed by atoms with Crippen molar-refractivity contribution in [3.05, 3.63) is 76.9 Å². The van der Waals surface area contributed by atoms with Crippen molar-refractivity contribution in [1.29, 1.82) is 0 Å². The van der Waals surface area contributed by atoms with E-state index in [-0.39, 0.29) is 19.0 Å². The molecule has 10 heteroatoms. The Hall–Kier alpha value is -4.01. The van der Waals surface area contributed by atoms with Crippen molar-refractivity contribution in [1.82, 2.24) is 25.9 Å². The number of hydrogen-bond donors (Lipinski definition) is 4. The molecule has 10 nitrogen and oxygen atoms in total. The fourth-order valence-electron chi connectivity index (χ4n) is 3.81. The summed E-state index contributed by atoms with van der Waals surface area (Å²) < 4.78 is 5.39. The first-order chi connectivity index (χ1) is 18.8. The largest absolute Gasteiger partial charge is 0.379 e. The molecular weight excluding hydrogens is 498 g/mol. The van der Waals surface area contributed by atoms with E-state index in [1.54, 1.807) is 49.3 Å². The number of morpholine rings is 1. The summed E-state index contributed by atoms with van der Waals surface area (Å²) in [7, 11) is 3.47. The second-order valence-electron chi connectivity index (χ2n) is 9.35. The molecule has 3 rings (SSSR count). The SMILES string of the molecule is CN(C)CC(=O)NC[C@H](NC(=O)c1ccc(/C=C/C#Cc2ccc(CN3CCOCC3)cc2)cc1)C(=O)NO. The first-order valence-corrected chi connectivity index (χ1v) is 12.7. The Morgan fingerprint density at radius 1 is 1.08 bits per heavy atom. The maximum Gasteiger partial charge on any atom is 0.267 e. The van der Waals surface area contributed by atoms with Gasteiger partial charge >= 0.3 is 0 Å². The van der Waals surface area contributed by atoms with Crippen LogP contribution in [0.2, 0.25) is 0 Å². The molecule has 0 unspecified atom stereocenters. The van der Waals surface area contributed by atoms with Crippen molar-refractivity contribution in [3.63, 3.8) is 0 Å². The van der Waals surface area contributed by atoms with Gasteiger partial charge in [0.1, 0.15) is 6.04 Å². The van der Waals surface area contributed by atoms with Gasteiger partial charge in [-0.2, -0.15) is 0 Å². The van der Waals surface area contributed by atoms with Crippen LogP contribution in [0.5, 0.6) is 0 Å². The molecule has 39 heavy (non-hydrogen) atoms. The molecule has 0 aromatic heterocycles. The summed E-state index contributed by atoms with van der Waals surface area (Å²) in [6.45, 7) is 4.35. The second-order valence-corrected chi connectivity index (χ2v) is 9.35. The highest BCUT2D eigenvalue weighted by Gasteiger charge is 2.22. The zero-order valence-corrected chi connectivity index (χ0v) is 22.3. The van der Waals surface area contributed by atoms with Crippen molar-refractivity contribution in [2.45, 2.75) is 12.6 Å². The van der Waals surface area contributed by atoms with Gasteiger partial charge in [0, 0.05) is 37.3 Å². The standard InChI is InChI=1S/C29H35N5O5/c1-33(2)21-27(35)30-19-26(29(37)32-38)31-28(36)25-13-11-23(12-14-25)6-4-3-5-22-7-9-24(10-8-22)20-34-15-17-39-18-16-34/h4,6-14,26,38H,15-21H2,1-2H3,(H,30,35)(H,31,36)(H,32,37)/b6-4+/t26-/m0/s1. The molecule has 1 fully saturated rings. The van der Waals surface area contributed by atoms with Crippen molar-refractivity contribution < 1.29 is 24.3 Å². The van der Waals surface area contributed by atoms with Crippen LogP contribution in [-0.2, 0) is 20.9 Å². The summed E-state index contributed by atoms with van der Waals surface area (Å²) in [4.78, 5) is 40.5. The van der Waals surface area contributed by atoms with E-state index in [0.717, 1.165) is 44.0 Å². The molecule has 206 valence electrons. The topological polar surface area (TPSA) is 123 Å². The third-order valence-corrected chi connectivity index (χ3v) is 5.91. The number of amides is 3. The zero-order valence-electron chi connectivity index (χ0n) is 22.3. The molecular formula is C29H35N5O5. The van der Waals surface area contributed by atoms with Gasteiger partial charge in [-0.25, -0.2) is 5.48 Å². The Morgan fingerprint density at radius 3 is 2.41 bits per heavy atom. The Bertz CT molecular complexity index is 1190. The maximum absolute atomic E-state index is 12.6. The van der Waals surface area contributed by atoms with E-state index in [0.29, 0.717) is 5.56 Å². The van der Waals surface area contributed by atoms with Crippen LogP contribution < -0.4 is 16.1 Å². The lowest BCUT2D eigenvalue weighted by Crippen LogP contribution is -2.52. The van der Waals surface area contributed by atoms with Gasteiger partial charge in [0.15, 0.2) is 0 Å². The highest BCUT2D eigenvalue weighted by atomic mass is 16.5. The Morgan fingerprint density at radius 2 is 1.77 bits per heavy atom. The van der Waals surface area contributed by atoms with Crippen LogP contribution in [0.1, 0.15) is 27.0 Å². The van der Waals surface area contributed by atoms with Crippen LogP contribution in [0.25, 0.3) is 6.08 Å². The third kappa shape index (κ3) is 10.3. The summed E-state index contributed by atoms with van der Waals surface area (Å²) >= 11 is 0. The van der Waals surface area contributed by atoms with E-state index in [2.05, 4.69) is 39.5 Å². The van der Waals surface area contributed by atoms with Gasteiger partial charge < -0.3 is 20.3 Å². The molecule has 0 bridgehead atoms. The maximum atomic E-state index is 12.6. The van der Waals surface area contributed by atoms with Gasteiger partial charge in [-0.1, -0.05) is 36.1 Å². The number of nitrogens with zero attached hydrogens (tertiary/aromatic N) is 2. The average molecular weight is 534 g/mol. The van der Waals surface area contributed by atoms with Crippen LogP contribution in [0.3, 0.4) is 0 Å². The highest BCUT2D eigenvalue weighted by Crippen LogP contribution is 2.09. The Labute approximate surface area is 229 Å². The minimum absolute atomic E-state index is 0.127. The molecule has 0 radical (unpaired) electrons. The zero-order chi connectivity index (χ0) is 28.0. The van der Waals surface area contributed by atoms with Gasteiger partial charge in [0.25, 0.3) is 11.8 Å². The first-order valence-electron chi connectivity index (χ1n) is 12.7. The molecule has 1 atom stereocenters. The van der Waals surface area contributed by atoms with Crippen LogP contribution in [0.4, 0.5) is 0 Å². The number of hydrogen-bond acceptors (Lipinski definition) is 7. The van der Waals surface area contributed by atoms with Crippen LogP contribution in [0, 0.1) is 11.8 Å². The summed E-state index contributed by atoms with van der Waals surface area (Å²) in [5.74, 6) is 4.48. The monoisotopic (exact) mass is 533 g/mol. The minimum atomic E-state index is -1.14. The fourth-order valence-corrected chi connectivity index (χ4v) is 3.81. The lowest BCUT2D eigenvalue weighted by molar-refractivity contribution is -0.131. The highest BCUT2D eigenvalue weighted by molar-refractivity contribution is 5.97. The van der Waals surface area contributed by atoms with Gasteiger partial charge in [0.2, 0.25) is 5.91 Å². The molecule has 3 amide bonds. The molecule has 1 saturated heterocycles. The summed E-state index contributed by atoms with van der Waals surface area (Å²) in [6, 6.07) is 13.8. The molecule has 0 saturated carbocycles. The van der Waals surface area contributed by atoms with Crippen LogP contribution in [0.15, 0.2) is 54.6 Å². The number of hydroxylamine groups is 1. The van der Waals surface area contributed by atoms with Crippen molar-refractivity contribution in [2.24, 2.45) is 0 Å². The van der Waals surface area contributed by atoms with Crippen molar-refractivity contribution in [3.8, 4) is 11.8 Å². The van der Waals surface area contributed by atoms with Gasteiger partial charge in [-0.3, -0.25) is 24.5 Å². The smallest absolute Gasteiger partial charge is 0.267 e. The number of allylic oxidation sites excluding steroid dienone is 1. The molecule has 2 aromatic rings. The quantitative estimate of drug-likeness (QED) is 0.203. The third-order valence-electron chi connectivity index (χ3n) is 5.91.